The molecule has 3 aromatic rings. The van der Waals surface area contributed by atoms with Gasteiger partial charge < -0.3 is 14.6 Å². The molecule has 1 saturated heterocycles. The Morgan fingerprint density at radius 3 is 2.70 bits per heavy atom. The molecule has 1 amide bonds. The number of nitrogens with one attached hydrogen (secondary N) is 1. The number of likely N-dealkylation sites (tertiary alicyclic amines) is 1. The first-order chi connectivity index (χ1) is 14.6. The Labute approximate surface area is 180 Å². The fourth-order valence-corrected chi connectivity index (χ4v) is 3.76. The van der Waals surface area contributed by atoms with Crippen LogP contribution in [-0.4, -0.2) is 47.7 Å². The van der Waals surface area contributed by atoms with Crippen molar-refractivity contribution in [3.05, 3.63) is 59.4 Å². The number of methoxy groups -OCH3 is 1. The molecule has 30 heavy (non-hydrogen) atoms. The lowest BCUT2D eigenvalue weighted by atomic mass is 9.97. The van der Waals surface area contributed by atoms with Gasteiger partial charge in [-0.05, 0) is 68.4 Å². The van der Waals surface area contributed by atoms with E-state index in [1.165, 1.54) is 0 Å². The SMILES string of the molecule is COc1ccc(-c2noc(C3CCN(CC(=O)Nc4cccc(Cl)c4)CC3)n2)cc1. The number of amides is 1. The average Bonchev–Trinajstić information content (AvgIpc) is 3.24. The molecular weight excluding hydrogens is 404 g/mol. The first kappa shape index (κ1) is 20.4. The van der Waals surface area contributed by atoms with Gasteiger partial charge in [0.2, 0.25) is 17.6 Å². The Hall–Kier alpha value is -2.90. The number of ether oxygens (including phenoxy) is 1. The topological polar surface area (TPSA) is 80.5 Å². The van der Waals surface area contributed by atoms with Crippen LogP contribution in [0.15, 0.2) is 53.1 Å². The van der Waals surface area contributed by atoms with Crippen molar-refractivity contribution in [3.8, 4) is 17.1 Å². The van der Waals surface area contributed by atoms with Gasteiger partial charge in [-0.15, -0.1) is 0 Å². The van der Waals surface area contributed by atoms with Gasteiger partial charge in [0, 0.05) is 22.2 Å². The summed E-state index contributed by atoms with van der Waals surface area (Å²) >= 11 is 5.96. The average molecular weight is 427 g/mol. The van der Waals surface area contributed by atoms with Crippen molar-refractivity contribution < 1.29 is 14.1 Å². The van der Waals surface area contributed by atoms with E-state index in [0.717, 1.165) is 37.2 Å². The Bertz CT molecular complexity index is 998. The third-order valence-corrected chi connectivity index (χ3v) is 5.44. The molecule has 7 nitrogen and oxygen atoms in total. The second-order valence-corrected chi connectivity index (χ2v) is 7.73. The van der Waals surface area contributed by atoms with Crippen molar-refractivity contribution in [1.82, 2.24) is 15.0 Å². The molecule has 156 valence electrons. The Morgan fingerprint density at radius 2 is 2.00 bits per heavy atom. The number of anilines is 1. The van der Waals surface area contributed by atoms with Crippen molar-refractivity contribution >= 4 is 23.2 Å². The highest BCUT2D eigenvalue weighted by Gasteiger charge is 2.26. The van der Waals surface area contributed by atoms with E-state index in [1.807, 2.05) is 36.4 Å². The molecule has 2 heterocycles. The lowest BCUT2D eigenvalue weighted by molar-refractivity contribution is -0.117. The predicted molar refractivity (Wildman–Crippen MR) is 115 cm³/mol. The van der Waals surface area contributed by atoms with Crippen LogP contribution in [0.2, 0.25) is 5.02 Å². The largest absolute Gasteiger partial charge is 0.497 e. The van der Waals surface area contributed by atoms with Gasteiger partial charge in [0.25, 0.3) is 0 Å². The van der Waals surface area contributed by atoms with Gasteiger partial charge >= 0.3 is 0 Å². The Morgan fingerprint density at radius 1 is 1.23 bits per heavy atom. The molecule has 1 aliphatic heterocycles. The zero-order valence-electron chi connectivity index (χ0n) is 16.7. The number of piperidine rings is 1. The van der Waals surface area contributed by atoms with Crippen molar-refractivity contribution in [2.24, 2.45) is 0 Å². The van der Waals surface area contributed by atoms with Crippen molar-refractivity contribution in [2.45, 2.75) is 18.8 Å². The fourth-order valence-electron chi connectivity index (χ4n) is 3.57. The number of halogens is 1. The van der Waals surface area contributed by atoms with Crippen LogP contribution in [0.1, 0.15) is 24.7 Å². The summed E-state index contributed by atoms with van der Waals surface area (Å²) in [7, 11) is 1.63. The Kier molecular flexibility index (Phi) is 6.30. The molecule has 2 aromatic carbocycles. The van der Waals surface area contributed by atoms with Crippen molar-refractivity contribution in [3.63, 3.8) is 0 Å². The van der Waals surface area contributed by atoms with Crippen LogP contribution in [-0.2, 0) is 4.79 Å². The number of benzene rings is 2. The molecule has 0 unspecified atom stereocenters. The zero-order valence-corrected chi connectivity index (χ0v) is 17.4. The standard InChI is InChI=1S/C22H23ClN4O3/c1-29-19-7-5-15(6-8-19)21-25-22(30-26-21)16-9-11-27(12-10-16)14-20(28)24-18-4-2-3-17(23)13-18/h2-8,13,16H,9-12,14H2,1H3,(H,24,28). The van der Waals surface area contributed by atoms with E-state index in [-0.39, 0.29) is 11.8 Å². The molecule has 1 fully saturated rings. The highest BCUT2D eigenvalue weighted by molar-refractivity contribution is 6.30. The van der Waals surface area contributed by atoms with Crippen LogP contribution in [0.25, 0.3) is 11.4 Å². The maximum atomic E-state index is 12.3. The third kappa shape index (κ3) is 4.98. The summed E-state index contributed by atoms with van der Waals surface area (Å²) in [6.45, 7) is 1.95. The molecule has 0 spiro atoms. The number of rotatable bonds is 6. The molecular formula is C22H23ClN4O3. The molecule has 1 aromatic heterocycles. The van der Waals surface area contributed by atoms with Crippen molar-refractivity contribution in [2.75, 3.05) is 32.1 Å². The summed E-state index contributed by atoms with van der Waals surface area (Å²) < 4.78 is 10.7. The van der Waals surface area contributed by atoms with Crippen LogP contribution in [0, 0.1) is 0 Å². The molecule has 1 aliphatic rings. The predicted octanol–water partition coefficient (Wildman–Crippen LogP) is 4.22. The molecule has 1 N–H and O–H groups in total. The van der Waals surface area contributed by atoms with Gasteiger partial charge in [0.15, 0.2) is 0 Å². The molecule has 0 aliphatic carbocycles. The van der Waals surface area contributed by atoms with Crippen LogP contribution in [0.3, 0.4) is 0 Å². The van der Waals surface area contributed by atoms with Crippen LogP contribution in [0.4, 0.5) is 5.69 Å². The zero-order chi connectivity index (χ0) is 20.9. The van der Waals surface area contributed by atoms with Gasteiger partial charge in [0.1, 0.15) is 5.75 Å². The van der Waals surface area contributed by atoms with E-state index >= 15 is 0 Å². The highest BCUT2D eigenvalue weighted by atomic mass is 35.5. The lowest BCUT2D eigenvalue weighted by Gasteiger charge is -2.29. The highest BCUT2D eigenvalue weighted by Crippen LogP contribution is 2.29. The first-order valence-corrected chi connectivity index (χ1v) is 10.2. The van der Waals surface area contributed by atoms with E-state index < -0.39 is 0 Å². The van der Waals surface area contributed by atoms with E-state index in [1.54, 1.807) is 19.2 Å². The van der Waals surface area contributed by atoms with E-state index in [2.05, 4.69) is 20.4 Å². The minimum atomic E-state index is -0.0460. The van der Waals surface area contributed by atoms with Crippen LogP contribution < -0.4 is 10.1 Å². The normalized spacial score (nSPS) is 15.1. The summed E-state index contributed by atoms with van der Waals surface area (Å²) in [6, 6.07) is 14.7. The maximum Gasteiger partial charge on any atom is 0.238 e. The first-order valence-electron chi connectivity index (χ1n) is 9.86. The van der Waals surface area contributed by atoms with Gasteiger partial charge in [-0.1, -0.05) is 22.8 Å². The van der Waals surface area contributed by atoms with Crippen LogP contribution in [0.5, 0.6) is 5.75 Å². The third-order valence-electron chi connectivity index (χ3n) is 5.20. The Balaban J connectivity index is 1.29. The summed E-state index contributed by atoms with van der Waals surface area (Å²) in [5, 5.41) is 7.61. The molecule has 0 saturated carbocycles. The van der Waals surface area contributed by atoms with E-state index in [9.17, 15) is 4.79 Å². The summed E-state index contributed by atoms with van der Waals surface area (Å²) in [4.78, 5) is 19.0. The smallest absolute Gasteiger partial charge is 0.238 e. The monoisotopic (exact) mass is 426 g/mol. The molecule has 0 bridgehead atoms. The van der Waals surface area contributed by atoms with E-state index in [0.29, 0.717) is 29.0 Å². The second-order valence-electron chi connectivity index (χ2n) is 7.29. The van der Waals surface area contributed by atoms with Gasteiger partial charge in [0.05, 0.1) is 13.7 Å². The number of nitrogens with zero attached hydrogens (tertiary/aromatic N) is 3. The second kappa shape index (κ2) is 9.28. The summed E-state index contributed by atoms with van der Waals surface area (Å²) in [5.74, 6) is 2.18. The minimum Gasteiger partial charge on any atom is -0.497 e. The quantitative estimate of drug-likeness (QED) is 0.635. The summed E-state index contributed by atoms with van der Waals surface area (Å²) in [6.07, 6.45) is 1.74. The minimum absolute atomic E-state index is 0.0460. The van der Waals surface area contributed by atoms with Gasteiger partial charge in [-0.2, -0.15) is 4.98 Å². The number of aromatic nitrogens is 2. The number of hydrogen-bond acceptors (Lipinski definition) is 6. The van der Waals surface area contributed by atoms with Gasteiger partial charge in [-0.3, -0.25) is 9.69 Å². The molecule has 0 radical (unpaired) electrons. The van der Waals surface area contributed by atoms with Crippen molar-refractivity contribution in [1.29, 1.82) is 0 Å². The number of hydrogen-bond donors (Lipinski definition) is 1. The van der Waals surface area contributed by atoms with Gasteiger partial charge in [-0.25, -0.2) is 0 Å². The fraction of sp³-hybridized carbons (Fsp3) is 0.318. The maximum absolute atomic E-state index is 12.3. The molecule has 4 rings (SSSR count). The number of carbonyl (C=O) groups excluding carboxylic acids is 1. The lowest BCUT2D eigenvalue weighted by Crippen LogP contribution is -2.38. The van der Waals surface area contributed by atoms with Crippen LogP contribution >= 0.6 is 11.6 Å². The number of carbonyl (C=O) groups is 1. The summed E-state index contributed by atoms with van der Waals surface area (Å²) in [5.41, 5.74) is 1.60. The van der Waals surface area contributed by atoms with E-state index in [4.69, 9.17) is 20.9 Å². The molecule has 0 atom stereocenters. The molecule has 8 heteroatoms.